The van der Waals surface area contributed by atoms with Crippen LogP contribution in [0.3, 0.4) is 0 Å². The van der Waals surface area contributed by atoms with Crippen molar-refractivity contribution in [3.63, 3.8) is 0 Å². The molecule has 104 valence electrons. The molecule has 0 fully saturated rings. The molecule has 5 nitrogen and oxygen atoms in total. The lowest BCUT2D eigenvalue weighted by atomic mass is 10.1. The Balaban J connectivity index is 2.72. The fraction of sp³-hybridized carbons (Fsp3) is 0.429. The van der Waals surface area contributed by atoms with Crippen LogP contribution in [-0.2, 0) is 9.59 Å². The second kappa shape index (κ2) is 6.78. The van der Waals surface area contributed by atoms with Gasteiger partial charge in [-0.15, -0.1) is 0 Å². The van der Waals surface area contributed by atoms with Gasteiger partial charge in [0.25, 0.3) is 0 Å². The van der Waals surface area contributed by atoms with Crippen LogP contribution in [-0.4, -0.2) is 36.6 Å². The maximum atomic E-state index is 11.7. The number of likely N-dealkylation sites (N-methyl/N-ethyl adjacent to an activating group) is 1. The normalized spacial score (nSPS) is 10.1. The lowest BCUT2D eigenvalue weighted by Gasteiger charge is -2.24. The summed E-state index contributed by atoms with van der Waals surface area (Å²) in [6.45, 7) is 6.48. The molecule has 1 aromatic rings. The molecule has 1 aromatic carbocycles. The third-order valence-corrected chi connectivity index (χ3v) is 2.85. The SMILES string of the molecule is CCN(CC(=O)NCC(=O)O)c1ccc(C)cc1C. The number of amides is 1. The van der Waals surface area contributed by atoms with Crippen LogP contribution in [0.2, 0.25) is 0 Å². The van der Waals surface area contributed by atoms with Crippen molar-refractivity contribution in [2.75, 3.05) is 24.5 Å². The Morgan fingerprint density at radius 2 is 2.00 bits per heavy atom. The van der Waals surface area contributed by atoms with E-state index in [9.17, 15) is 9.59 Å². The number of carboxylic acids is 1. The second-order valence-corrected chi connectivity index (χ2v) is 4.47. The topological polar surface area (TPSA) is 69.6 Å². The number of carbonyl (C=O) groups excluding carboxylic acids is 1. The highest BCUT2D eigenvalue weighted by Gasteiger charge is 2.12. The van der Waals surface area contributed by atoms with Crippen LogP contribution in [0, 0.1) is 13.8 Å². The van der Waals surface area contributed by atoms with Gasteiger partial charge in [0.05, 0.1) is 6.54 Å². The number of benzene rings is 1. The summed E-state index contributed by atoms with van der Waals surface area (Å²) in [7, 11) is 0. The first-order valence-electron chi connectivity index (χ1n) is 6.24. The molecule has 1 rings (SSSR count). The Labute approximate surface area is 113 Å². The first-order valence-corrected chi connectivity index (χ1v) is 6.24. The molecule has 0 aromatic heterocycles. The number of carboxylic acid groups (broad SMARTS) is 1. The minimum Gasteiger partial charge on any atom is -0.480 e. The Morgan fingerprint density at radius 1 is 1.32 bits per heavy atom. The van der Waals surface area contributed by atoms with E-state index in [4.69, 9.17) is 5.11 Å². The minimum atomic E-state index is -1.04. The highest BCUT2D eigenvalue weighted by atomic mass is 16.4. The van der Waals surface area contributed by atoms with Crippen LogP contribution in [0.1, 0.15) is 18.1 Å². The van der Waals surface area contributed by atoms with E-state index < -0.39 is 5.97 Å². The molecule has 2 N–H and O–H groups in total. The summed E-state index contributed by atoms with van der Waals surface area (Å²) in [4.78, 5) is 24.0. The van der Waals surface area contributed by atoms with Gasteiger partial charge in [0.1, 0.15) is 6.54 Å². The van der Waals surface area contributed by atoms with Gasteiger partial charge in [0, 0.05) is 12.2 Å². The summed E-state index contributed by atoms with van der Waals surface area (Å²) < 4.78 is 0. The van der Waals surface area contributed by atoms with Gasteiger partial charge in [-0.2, -0.15) is 0 Å². The number of rotatable bonds is 6. The highest BCUT2D eigenvalue weighted by Crippen LogP contribution is 2.20. The van der Waals surface area contributed by atoms with Gasteiger partial charge in [0.2, 0.25) is 5.91 Å². The van der Waals surface area contributed by atoms with E-state index in [0.717, 1.165) is 11.3 Å². The first-order chi connectivity index (χ1) is 8.93. The average Bonchev–Trinajstić information content (AvgIpc) is 2.34. The molecule has 0 aliphatic rings. The number of nitrogens with one attached hydrogen (secondary N) is 1. The van der Waals surface area contributed by atoms with E-state index in [0.29, 0.717) is 6.54 Å². The minimum absolute atomic E-state index is 0.160. The van der Waals surface area contributed by atoms with Crippen molar-refractivity contribution in [3.05, 3.63) is 29.3 Å². The predicted octanol–water partition coefficient (Wildman–Crippen LogP) is 1.33. The Kier molecular flexibility index (Phi) is 5.36. The fourth-order valence-electron chi connectivity index (χ4n) is 1.93. The molecule has 1 amide bonds. The Bertz CT molecular complexity index is 472. The summed E-state index contributed by atoms with van der Waals surface area (Å²) in [5.74, 6) is -1.33. The summed E-state index contributed by atoms with van der Waals surface area (Å²) in [5.41, 5.74) is 3.28. The summed E-state index contributed by atoms with van der Waals surface area (Å²) in [6, 6.07) is 6.05. The number of aliphatic carboxylic acids is 1. The average molecular weight is 264 g/mol. The van der Waals surface area contributed by atoms with Crippen molar-refractivity contribution in [2.24, 2.45) is 0 Å². The zero-order valence-corrected chi connectivity index (χ0v) is 11.6. The van der Waals surface area contributed by atoms with Gasteiger partial charge in [-0.3, -0.25) is 9.59 Å². The van der Waals surface area contributed by atoms with Gasteiger partial charge in [0.15, 0.2) is 0 Å². The zero-order valence-electron chi connectivity index (χ0n) is 11.6. The third-order valence-electron chi connectivity index (χ3n) is 2.85. The van der Waals surface area contributed by atoms with Crippen LogP contribution in [0.5, 0.6) is 0 Å². The number of anilines is 1. The molecular formula is C14H20N2O3. The summed E-state index contributed by atoms with van der Waals surface area (Å²) in [6.07, 6.45) is 0. The van der Waals surface area contributed by atoms with Crippen molar-refractivity contribution >= 4 is 17.6 Å². The number of hydrogen-bond acceptors (Lipinski definition) is 3. The van der Waals surface area contributed by atoms with Crippen LogP contribution in [0.4, 0.5) is 5.69 Å². The van der Waals surface area contributed by atoms with E-state index in [2.05, 4.69) is 11.4 Å². The monoisotopic (exact) mass is 264 g/mol. The molecule has 0 heterocycles. The molecule has 0 saturated heterocycles. The van der Waals surface area contributed by atoms with Crippen molar-refractivity contribution in [2.45, 2.75) is 20.8 Å². The molecule has 0 spiro atoms. The molecule has 0 radical (unpaired) electrons. The van der Waals surface area contributed by atoms with Crippen molar-refractivity contribution in [1.82, 2.24) is 5.32 Å². The lowest BCUT2D eigenvalue weighted by molar-refractivity contribution is -0.137. The third kappa shape index (κ3) is 4.62. The van der Waals surface area contributed by atoms with E-state index in [1.165, 1.54) is 5.56 Å². The molecule has 19 heavy (non-hydrogen) atoms. The molecule has 0 unspecified atom stereocenters. The van der Waals surface area contributed by atoms with Crippen molar-refractivity contribution in [3.8, 4) is 0 Å². The molecule has 5 heteroatoms. The van der Waals surface area contributed by atoms with Crippen molar-refractivity contribution in [1.29, 1.82) is 0 Å². The quantitative estimate of drug-likeness (QED) is 0.813. The van der Waals surface area contributed by atoms with Gasteiger partial charge in [-0.05, 0) is 32.4 Å². The van der Waals surface area contributed by atoms with E-state index in [-0.39, 0.29) is 19.0 Å². The van der Waals surface area contributed by atoms with Gasteiger partial charge in [-0.25, -0.2) is 0 Å². The van der Waals surface area contributed by atoms with E-state index in [1.54, 1.807) is 0 Å². The fourth-order valence-corrected chi connectivity index (χ4v) is 1.93. The van der Waals surface area contributed by atoms with Gasteiger partial charge in [-0.1, -0.05) is 17.7 Å². The summed E-state index contributed by atoms with van der Waals surface area (Å²) in [5, 5.41) is 10.9. The highest BCUT2D eigenvalue weighted by molar-refractivity contribution is 5.85. The van der Waals surface area contributed by atoms with Gasteiger partial charge < -0.3 is 15.3 Å². The largest absolute Gasteiger partial charge is 0.480 e. The number of aryl methyl sites for hydroxylation is 2. The van der Waals surface area contributed by atoms with E-state index >= 15 is 0 Å². The molecule has 0 atom stereocenters. The summed E-state index contributed by atoms with van der Waals surface area (Å²) >= 11 is 0. The van der Waals surface area contributed by atoms with Gasteiger partial charge >= 0.3 is 5.97 Å². The molecule has 0 aliphatic carbocycles. The lowest BCUT2D eigenvalue weighted by Crippen LogP contribution is -2.39. The maximum absolute atomic E-state index is 11.7. The number of carbonyl (C=O) groups is 2. The Morgan fingerprint density at radius 3 is 2.53 bits per heavy atom. The number of nitrogens with zero attached hydrogens (tertiary/aromatic N) is 1. The maximum Gasteiger partial charge on any atom is 0.322 e. The molecule has 0 bridgehead atoms. The molecular weight excluding hydrogens is 244 g/mol. The molecule has 0 saturated carbocycles. The van der Waals surface area contributed by atoms with Crippen molar-refractivity contribution < 1.29 is 14.7 Å². The standard InChI is InChI=1S/C14H20N2O3/c1-4-16(9-13(17)15-8-14(18)19)12-6-5-10(2)7-11(12)3/h5-7H,4,8-9H2,1-3H3,(H,15,17)(H,18,19). The Hall–Kier alpha value is -2.04. The smallest absolute Gasteiger partial charge is 0.322 e. The van der Waals surface area contributed by atoms with Crippen LogP contribution in [0.15, 0.2) is 18.2 Å². The second-order valence-electron chi connectivity index (χ2n) is 4.47. The van der Waals surface area contributed by atoms with Crippen LogP contribution in [0.25, 0.3) is 0 Å². The zero-order chi connectivity index (χ0) is 14.4. The first kappa shape index (κ1) is 15.0. The van der Waals surface area contributed by atoms with Crippen LogP contribution >= 0.6 is 0 Å². The predicted molar refractivity (Wildman–Crippen MR) is 74.4 cm³/mol. The van der Waals surface area contributed by atoms with Crippen LogP contribution < -0.4 is 10.2 Å². The molecule has 0 aliphatic heterocycles. The van der Waals surface area contributed by atoms with E-state index in [1.807, 2.05) is 37.8 Å². The number of hydrogen-bond donors (Lipinski definition) is 2.